The van der Waals surface area contributed by atoms with Crippen molar-refractivity contribution in [1.82, 2.24) is 19.8 Å². The second kappa shape index (κ2) is 7.67. The van der Waals surface area contributed by atoms with Crippen LogP contribution in [0.3, 0.4) is 0 Å². The number of hydrogen-bond acceptors (Lipinski definition) is 7. The van der Waals surface area contributed by atoms with Crippen molar-refractivity contribution in [1.29, 1.82) is 0 Å². The first kappa shape index (κ1) is 18.0. The van der Waals surface area contributed by atoms with Gasteiger partial charge in [-0.25, -0.2) is 4.68 Å². The van der Waals surface area contributed by atoms with Crippen molar-refractivity contribution < 1.29 is 9.53 Å². The zero-order valence-electron chi connectivity index (χ0n) is 15.4. The van der Waals surface area contributed by atoms with Gasteiger partial charge in [0.1, 0.15) is 5.75 Å². The Morgan fingerprint density at radius 3 is 2.67 bits per heavy atom. The van der Waals surface area contributed by atoms with Gasteiger partial charge in [-0.2, -0.15) is 0 Å². The standard InChI is InChI=1S/C18H24N6O2S/c1-26-15-5-3-2-4-14(15)22-8-10-23(11-9-22)16(25)12-27-18-21-20-17(24(18)19)13-6-7-13/h2-5,13H,6-12,19H2,1H3. The summed E-state index contributed by atoms with van der Waals surface area (Å²) in [6.45, 7) is 2.96. The largest absolute Gasteiger partial charge is 0.495 e. The van der Waals surface area contributed by atoms with Crippen LogP contribution in [0.5, 0.6) is 5.75 Å². The average molecular weight is 388 g/mol. The topological polar surface area (TPSA) is 89.5 Å². The number of para-hydroxylation sites is 2. The first-order chi connectivity index (χ1) is 13.2. The lowest BCUT2D eigenvalue weighted by atomic mass is 10.2. The van der Waals surface area contributed by atoms with E-state index in [9.17, 15) is 4.79 Å². The predicted molar refractivity (Wildman–Crippen MR) is 105 cm³/mol. The molecule has 0 atom stereocenters. The van der Waals surface area contributed by atoms with E-state index in [2.05, 4.69) is 21.2 Å². The summed E-state index contributed by atoms with van der Waals surface area (Å²) in [5.74, 6) is 8.61. The number of piperazine rings is 1. The van der Waals surface area contributed by atoms with E-state index in [4.69, 9.17) is 10.6 Å². The third-order valence-corrected chi connectivity index (χ3v) is 5.94. The van der Waals surface area contributed by atoms with Gasteiger partial charge in [-0.15, -0.1) is 10.2 Å². The van der Waals surface area contributed by atoms with E-state index in [0.29, 0.717) is 29.9 Å². The molecule has 1 aliphatic heterocycles. The van der Waals surface area contributed by atoms with Gasteiger partial charge in [0.05, 0.1) is 18.6 Å². The number of hydrogen-bond donors (Lipinski definition) is 1. The molecule has 2 aliphatic rings. The molecule has 4 rings (SSSR count). The number of carbonyl (C=O) groups is 1. The van der Waals surface area contributed by atoms with Crippen LogP contribution in [0.4, 0.5) is 5.69 Å². The van der Waals surface area contributed by atoms with Crippen LogP contribution in [0.25, 0.3) is 0 Å². The molecule has 2 aromatic rings. The molecule has 1 aromatic carbocycles. The zero-order chi connectivity index (χ0) is 18.8. The molecule has 9 heteroatoms. The molecule has 2 fully saturated rings. The number of methoxy groups -OCH3 is 1. The van der Waals surface area contributed by atoms with Crippen LogP contribution < -0.4 is 15.5 Å². The van der Waals surface area contributed by atoms with Gasteiger partial charge in [0, 0.05) is 32.1 Å². The fourth-order valence-corrected chi connectivity index (χ4v) is 4.08. The Labute approximate surface area is 162 Å². The Hall–Kier alpha value is -2.42. The second-order valence-electron chi connectivity index (χ2n) is 6.81. The van der Waals surface area contributed by atoms with Crippen LogP contribution in [0, 0.1) is 0 Å². The summed E-state index contributed by atoms with van der Waals surface area (Å²) in [5.41, 5.74) is 1.07. The van der Waals surface area contributed by atoms with Crippen LogP contribution in [0.2, 0.25) is 0 Å². The van der Waals surface area contributed by atoms with Gasteiger partial charge in [-0.3, -0.25) is 4.79 Å². The smallest absolute Gasteiger partial charge is 0.233 e. The van der Waals surface area contributed by atoms with Crippen LogP contribution in [0.15, 0.2) is 29.4 Å². The van der Waals surface area contributed by atoms with Crippen LogP contribution >= 0.6 is 11.8 Å². The van der Waals surface area contributed by atoms with Crippen LogP contribution in [-0.2, 0) is 4.79 Å². The first-order valence-electron chi connectivity index (χ1n) is 9.16. The number of nitrogen functional groups attached to an aromatic ring is 1. The zero-order valence-corrected chi connectivity index (χ0v) is 16.2. The Morgan fingerprint density at radius 1 is 1.22 bits per heavy atom. The van der Waals surface area contributed by atoms with Crippen molar-refractivity contribution in [3.05, 3.63) is 30.1 Å². The highest BCUT2D eigenvalue weighted by atomic mass is 32.2. The van der Waals surface area contributed by atoms with E-state index < -0.39 is 0 Å². The summed E-state index contributed by atoms with van der Waals surface area (Å²) in [6.07, 6.45) is 2.24. The van der Waals surface area contributed by atoms with Gasteiger partial charge >= 0.3 is 0 Å². The van der Waals surface area contributed by atoms with E-state index in [0.717, 1.165) is 43.2 Å². The normalized spacial score (nSPS) is 17.2. The molecule has 0 unspecified atom stereocenters. The van der Waals surface area contributed by atoms with Gasteiger partial charge in [-0.05, 0) is 25.0 Å². The molecule has 1 aromatic heterocycles. The number of ether oxygens (including phenoxy) is 1. The number of anilines is 1. The number of nitrogens with zero attached hydrogens (tertiary/aromatic N) is 5. The molecule has 0 bridgehead atoms. The van der Waals surface area contributed by atoms with E-state index in [1.165, 1.54) is 16.4 Å². The van der Waals surface area contributed by atoms with Crippen LogP contribution in [-0.4, -0.2) is 64.7 Å². The molecule has 0 spiro atoms. The van der Waals surface area contributed by atoms with Crippen molar-refractivity contribution in [3.63, 3.8) is 0 Å². The third kappa shape index (κ3) is 3.83. The summed E-state index contributed by atoms with van der Waals surface area (Å²) >= 11 is 1.36. The molecule has 2 N–H and O–H groups in total. The quantitative estimate of drug-likeness (QED) is 0.590. The summed E-state index contributed by atoms with van der Waals surface area (Å²) in [7, 11) is 1.68. The molecular weight excluding hydrogens is 364 g/mol. The van der Waals surface area contributed by atoms with Crippen LogP contribution in [0.1, 0.15) is 24.6 Å². The van der Waals surface area contributed by atoms with E-state index >= 15 is 0 Å². The fourth-order valence-electron chi connectivity index (χ4n) is 3.31. The Kier molecular flexibility index (Phi) is 5.11. The number of rotatable bonds is 6. The number of aromatic nitrogens is 3. The number of carbonyl (C=O) groups excluding carboxylic acids is 1. The highest BCUT2D eigenvalue weighted by Crippen LogP contribution is 2.39. The highest BCUT2D eigenvalue weighted by Gasteiger charge is 2.30. The Bertz CT molecular complexity index is 814. The van der Waals surface area contributed by atoms with E-state index in [-0.39, 0.29) is 5.91 Å². The van der Waals surface area contributed by atoms with Crippen molar-refractivity contribution in [2.45, 2.75) is 23.9 Å². The molecule has 0 radical (unpaired) electrons. The minimum Gasteiger partial charge on any atom is -0.495 e. The van der Waals surface area contributed by atoms with E-state index in [1.54, 1.807) is 7.11 Å². The molecule has 1 aliphatic carbocycles. The molecular formula is C18H24N6O2S. The number of benzene rings is 1. The first-order valence-corrected chi connectivity index (χ1v) is 10.1. The van der Waals surface area contributed by atoms with Crippen molar-refractivity contribution in [2.24, 2.45) is 0 Å². The average Bonchev–Trinajstić information content (AvgIpc) is 3.49. The molecule has 27 heavy (non-hydrogen) atoms. The lowest BCUT2D eigenvalue weighted by Gasteiger charge is -2.36. The second-order valence-corrected chi connectivity index (χ2v) is 7.76. The fraction of sp³-hybridized carbons (Fsp3) is 0.500. The monoisotopic (exact) mass is 388 g/mol. The van der Waals surface area contributed by atoms with Crippen molar-refractivity contribution in [2.75, 3.05) is 49.8 Å². The van der Waals surface area contributed by atoms with Gasteiger partial charge < -0.3 is 20.4 Å². The summed E-state index contributed by atoms with van der Waals surface area (Å²) < 4.78 is 6.98. The third-order valence-electron chi connectivity index (χ3n) is 5.02. The minimum absolute atomic E-state index is 0.107. The molecule has 1 saturated heterocycles. The lowest BCUT2D eigenvalue weighted by molar-refractivity contribution is -0.128. The maximum atomic E-state index is 12.6. The SMILES string of the molecule is COc1ccccc1N1CCN(C(=O)CSc2nnc(C3CC3)n2N)CC1. The highest BCUT2D eigenvalue weighted by molar-refractivity contribution is 7.99. The minimum atomic E-state index is 0.107. The van der Waals surface area contributed by atoms with Gasteiger partial charge in [-0.1, -0.05) is 23.9 Å². The number of thioether (sulfide) groups is 1. The lowest BCUT2D eigenvalue weighted by Crippen LogP contribution is -2.49. The van der Waals surface area contributed by atoms with Gasteiger partial charge in [0.15, 0.2) is 5.82 Å². The maximum absolute atomic E-state index is 12.6. The van der Waals surface area contributed by atoms with Crippen molar-refractivity contribution >= 4 is 23.4 Å². The molecule has 1 saturated carbocycles. The molecule has 8 nitrogen and oxygen atoms in total. The Balaban J connectivity index is 1.30. The van der Waals surface area contributed by atoms with Gasteiger partial charge in [0.25, 0.3) is 0 Å². The maximum Gasteiger partial charge on any atom is 0.233 e. The molecule has 1 amide bonds. The number of amides is 1. The summed E-state index contributed by atoms with van der Waals surface area (Å²) in [4.78, 5) is 16.7. The van der Waals surface area contributed by atoms with E-state index in [1.807, 2.05) is 23.1 Å². The molecule has 2 heterocycles. The summed E-state index contributed by atoms with van der Waals surface area (Å²) in [5, 5.41) is 8.88. The Morgan fingerprint density at radius 2 is 1.96 bits per heavy atom. The molecule has 144 valence electrons. The summed E-state index contributed by atoms with van der Waals surface area (Å²) in [6, 6.07) is 7.98. The predicted octanol–water partition coefficient (Wildman–Crippen LogP) is 1.32. The van der Waals surface area contributed by atoms with Gasteiger partial charge in [0.2, 0.25) is 11.1 Å². The van der Waals surface area contributed by atoms with Crippen molar-refractivity contribution in [3.8, 4) is 5.75 Å². The number of nitrogens with two attached hydrogens (primary N) is 1.